The molecule has 0 heterocycles. The van der Waals surface area contributed by atoms with Crippen LogP contribution in [-0.2, 0) is 4.74 Å². The highest BCUT2D eigenvalue weighted by molar-refractivity contribution is 5.56. The topological polar surface area (TPSA) is 9.23 Å². The first-order valence-electron chi connectivity index (χ1n) is 10.8. The third kappa shape index (κ3) is 11.2. The Hall–Kier alpha value is -1.50. The van der Waals surface area contributed by atoms with Crippen LogP contribution in [0.25, 0.3) is 5.76 Å². The molecule has 1 rings (SSSR count). The molecular weight excluding hydrogens is 316 g/mol. The molecule has 0 bridgehead atoms. The zero-order valence-electron chi connectivity index (χ0n) is 17.3. The molecule has 0 fully saturated rings. The van der Waals surface area contributed by atoms with Gasteiger partial charge >= 0.3 is 0 Å². The van der Waals surface area contributed by atoms with Crippen molar-refractivity contribution >= 4 is 5.76 Å². The molecule has 0 saturated heterocycles. The van der Waals surface area contributed by atoms with Crippen molar-refractivity contribution in [2.75, 3.05) is 6.61 Å². The van der Waals surface area contributed by atoms with Gasteiger partial charge < -0.3 is 4.74 Å². The summed E-state index contributed by atoms with van der Waals surface area (Å²) in [4.78, 5) is 0. The zero-order chi connectivity index (χ0) is 18.9. The van der Waals surface area contributed by atoms with Crippen LogP contribution in [0.4, 0.5) is 0 Å². The molecule has 0 spiro atoms. The number of unbranched alkanes of at least 4 members (excludes halogenated alkanes) is 8. The molecular formula is C25H40O. The monoisotopic (exact) mass is 356 g/mol. The van der Waals surface area contributed by atoms with E-state index < -0.39 is 0 Å². The summed E-state index contributed by atoms with van der Waals surface area (Å²) in [6.45, 7) is 9.36. The van der Waals surface area contributed by atoms with Gasteiger partial charge in [0.1, 0.15) is 5.76 Å². The average Bonchev–Trinajstić information content (AvgIpc) is 2.68. The van der Waals surface area contributed by atoms with Gasteiger partial charge in [0.2, 0.25) is 0 Å². The summed E-state index contributed by atoms with van der Waals surface area (Å²) in [5, 5.41) is 0. The number of ether oxygens (including phenoxy) is 1. The van der Waals surface area contributed by atoms with Crippen molar-refractivity contribution in [2.24, 2.45) is 0 Å². The van der Waals surface area contributed by atoms with E-state index in [4.69, 9.17) is 4.74 Å². The lowest BCUT2D eigenvalue weighted by Crippen LogP contribution is -1.97. The van der Waals surface area contributed by atoms with E-state index in [1.54, 1.807) is 5.57 Å². The third-order valence-corrected chi connectivity index (χ3v) is 4.89. The lowest BCUT2D eigenvalue weighted by molar-refractivity contribution is 0.280. The van der Waals surface area contributed by atoms with Crippen molar-refractivity contribution in [3.8, 4) is 0 Å². The van der Waals surface area contributed by atoms with Crippen LogP contribution in [0.3, 0.4) is 0 Å². The highest BCUT2D eigenvalue weighted by Crippen LogP contribution is 2.19. The quantitative estimate of drug-likeness (QED) is 0.164. The average molecular weight is 357 g/mol. The maximum absolute atomic E-state index is 5.91. The lowest BCUT2D eigenvalue weighted by Gasteiger charge is -2.12. The minimum atomic E-state index is 0.739. The van der Waals surface area contributed by atoms with Crippen molar-refractivity contribution < 1.29 is 4.74 Å². The molecule has 1 aromatic rings. The van der Waals surface area contributed by atoms with Gasteiger partial charge in [-0.3, -0.25) is 0 Å². The Bertz CT molecular complexity index is 486. The van der Waals surface area contributed by atoms with Crippen LogP contribution >= 0.6 is 0 Å². The summed E-state index contributed by atoms with van der Waals surface area (Å²) >= 11 is 0. The molecule has 0 unspecified atom stereocenters. The molecule has 0 N–H and O–H groups in total. The van der Waals surface area contributed by atoms with E-state index in [0.29, 0.717) is 0 Å². The number of hydrogen-bond donors (Lipinski definition) is 0. The lowest BCUT2D eigenvalue weighted by atomic mass is 10.0. The summed E-state index contributed by atoms with van der Waals surface area (Å²) < 4.78 is 5.91. The van der Waals surface area contributed by atoms with Crippen molar-refractivity contribution in [2.45, 2.75) is 90.9 Å². The molecule has 0 atom stereocenters. The van der Waals surface area contributed by atoms with Gasteiger partial charge in [-0.1, -0.05) is 107 Å². The maximum Gasteiger partial charge on any atom is 0.119 e. The Balaban J connectivity index is 2.35. The van der Waals surface area contributed by atoms with Crippen LogP contribution in [0.2, 0.25) is 0 Å². The minimum Gasteiger partial charge on any atom is -0.493 e. The number of benzene rings is 1. The fraction of sp³-hybridized carbons (Fsp3) is 0.600. The molecule has 0 saturated carbocycles. The molecule has 0 aromatic heterocycles. The number of allylic oxidation sites excluding steroid dienone is 1. The van der Waals surface area contributed by atoms with Crippen LogP contribution in [0.1, 0.15) is 96.5 Å². The fourth-order valence-electron chi connectivity index (χ4n) is 3.17. The van der Waals surface area contributed by atoms with Gasteiger partial charge in [0, 0.05) is 12.0 Å². The van der Waals surface area contributed by atoms with Gasteiger partial charge in [-0.2, -0.15) is 0 Å². The first kappa shape index (κ1) is 22.5. The summed E-state index contributed by atoms with van der Waals surface area (Å²) in [6, 6.07) is 10.2. The predicted octanol–water partition coefficient (Wildman–Crippen LogP) is 8.32. The van der Waals surface area contributed by atoms with Gasteiger partial charge in [0.25, 0.3) is 0 Å². The van der Waals surface area contributed by atoms with E-state index in [2.05, 4.69) is 38.6 Å². The first-order valence-corrected chi connectivity index (χ1v) is 10.8. The molecule has 26 heavy (non-hydrogen) atoms. The van der Waals surface area contributed by atoms with Crippen LogP contribution < -0.4 is 0 Å². The standard InChI is InChI=1S/C25H40O/c1-4-6-8-10-11-14-18-24(17-13-9-7-5-2)21-22-26-23(3)25-19-15-12-16-20-25/h12,15-16,18-20H,3-11,13-14,17,21-22H2,1-2H3/b24-18+. The van der Waals surface area contributed by atoms with Crippen LogP contribution in [0.15, 0.2) is 48.6 Å². The Morgan fingerprint density at radius 2 is 1.50 bits per heavy atom. The van der Waals surface area contributed by atoms with Gasteiger partial charge in [0.15, 0.2) is 0 Å². The van der Waals surface area contributed by atoms with Crippen LogP contribution in [0.5, 0.6) is 0 Å². The predicted molar refractivity (Wildman–Crippen MR) is 116 cm³/mol. The second-order valence-electron chi connectivity index (χ2n) is 7.26. The molecule has 1 heteroatoms. The fourth-order valence-corrected chi connectivity index (χ4v) is 3.17. The van der Waals surface area contributed by atoms with Crippen molar-refractivity contribution in [3.63, 3.8) is 0 Å². The second kappa shape index (κ2) is 15.7. The van der Waals surface area contributed by atoms with Gasteiger partial charge in [-0.05, 0) is 25.7 Å². The highest BCUT2D eigenvalue weighted by Gasteiger charge is 2.02. The smallest absolute Gasteiger partial charge is 0.119 e. The second-order valence-corrected chi connectivity index (χ2v) is 7.26. The van der Waals surface area contributed by atoms with E-state index in [1.807, 2.05) is 18.2 Å². The van der Waals surface area contributed by atoms with Crippen molar-refractivity contribution in [3.05, 3.63) is 54.1 Å². The Kier molecular flexibility index (Phi) is 13.6. The Labute approximate surface area is 162 Å². The number of hydrogen-bond acceptors (Lipinski definition) is 1. The van der Waals surface area contributed by atoms with Crippen molar-refractivity contribution in [1.29, 1.82) is 0 Å². The Morgan fingerprint density at radius 1 is 0.846 bits per heavy atom. The van der Waals surface area contributed by atoms with Gasteiger partial charge in [-0.25, -0.2) is 0 Å². The largest absolute Gasteiger partial charge is 0.493 e. The van der Waals surface area contributed by atoms with Crippen LogP contribution in [-0.4, -0.2) is 6.61 Å². The SMILES string of the molecule is C=C(OCC/C(=C/CCCCCCC)CCCCCC)c1ccccc1. The molecule has 0 aliphatic rings. The summed E-state index contributed by atoms with van der Waals surface area (Å²) in [7, 11) is 0. The van der Waals surface area contributed by atoms with E-state index in [9.17, 15) is 0 Å². The third-order valence-electron chi connectivity index (χ3n) is 4.89. The van der Waals surface area contributed by atoms with Crippen molar-refractivity contribution in [1.82, 2.24) is 0 Å². The van der Waals surface area contributed by atoms with E-state index in [1.165, 1.54) is 70.6 Å². The molecule has 0 amide bonds. The summed E-state index contributed by atoms with van der Waals surface area (Å²) in [5.74, 6) is 0.787. The minimum absolute atomic E-state index is 0.739. The molecule has 0 aliphatic heterocycles. The molecule has 1 aromatic carbocycles. The van der Waals surface area contributed by atoms with Gasteiger partial charge in [0.05, 0.1) is 6.61 Å². The van der Waals surface area contributed by atoms with E-state index in [0.717, 1.165) is 24.4 Å². The maximum atomic E-state index is 5.91. The first-order chi connectivity index (χ1) is 12.8. The van der Waals surface area contributed by atoms with Gasteiger partial charge in [-0.15, -0.1) is 0 Å². The highest BCUT2D eigenvalue weighted by atomic mass is 16.5. The zero-order valence-corrected chi connectivity index (χ0v) is 17.3. The van der Waals surface area contributed by atoms with E-state index in [-0.39, 0.29) is 0 Å². The van der Waals surface area contributed by atoms with E-state index >= 15 is 0 Å². The van der Waals surface area contributed by atoms with Crippen LogP contribution in [0, 0.1) is 0 Å². The molecule has 0 radical (unpaired) electrons. The molecule has 146 valence electrons. The summed E-state index contributed by atoms with van der Waals surface area (Å²) in [6.07, 6.45) is 18.1. The summed E-state index contributed by atoms with van der Waals surface area (Å²) in [5.41, 5.74) is 2.66. The normalized spacial score (nSPS) is 11.5. The molecule has 1 nitrogen and oxygen atoms in total. The molecule has 0 aliphatic carbocycles. The Morgan fingerprint density at radius 3 is 2.19 bits per heavy atom. The number of rotatable bonds is 16.